The van der Waals surface area contributed by atoms with Crippen LogP contribution in [0.5, 0.6) is 0 Å². The molecule has 0 saturated heterocycles. The summed E-state index contributed by atoms with van der Waals surface area (Å²) in [7, 11) is 0. The first kappa shape index (κ1) is 23.2. The van der Waals surface area contributed by atoms with E-state index in [4.69, 9.17) is 10.8 Å². The van der Waals surface area contributed by atoms with Gasteiger partial charge in [-0.3, -0.25) is 14.4 Å². The lowest BCUT2D eigenvalue weighted by Gasteiger charge is -2.25. The van der Waals surface area contributed by atoms with Crippen LogP contribution in [0.25, 0.3) is 0 Å². The van der Waals surface area contributed by atoms with Gasteiger partial charge < -0.3 is 26.6 Å². The van der Waals surface area contributed by atoms with Gasteiger partial charge in [-0.05, 0) is 30.8 Å². The van der Waals surface area contributed by atoms with E-state index >= 15 is 0 Å². The van der Waals surface area contributed by atoms with Crippen molar-refractivity contribution in [2.45, 2.75) is 51.2 Å². The van der Waals surface area contributed by atoms with Crippen molar-refractivity contribution in [3.63, 3.8) is 0 Å². The van der Waals surface area contributed by atoms with Crippen LogP contribution in [0.2, 0.25) is 0 Å². The zero-order valence-corrected chi connectivity index (χ0v) is 15.5. The van der Waals surface area contributed by atoms with E-state index in [1.165, 1.54) is 11.8 Å². The van der Waals surface area contributed by atoms with Crippen molar-refractivity contribution >= 4 is 35.5 Å². The highest BCUT2D eigenvalue weighted by molar-refractivity contribution is 7.98. The molecule has 2 amide bonds. The summed E-state index contributed by atoms with van der Waals surface area (Å²) in [5.74, 6) is -3.20. The van der Waals surface area contributed by atoms with Gasteiger partial charge in [-0.15, -0.1) is 0 Å². The topological polar surface area (TPSA) is 159 Å². The molecule has 6 N–H and O–H groups in total. The van der Waals surface area contributed by atoms with E-state index in [0.29, 0.717) is 5.75 Å². The molecule has 3 unspecified atom stereocenters. The van der Waals surface area contributed by atoms with E-state index in [2.05, 4.69) is 10.6 Å². The van der Waals surface area contributed by atoms with E-state index < -0.39 is 41.9 Å². The van der Waals surface area contributed by atoms with Crippen molar-refractivity contribution in [3.05, 3.63) is 0 Å². The zero-order valence-electron chi connectivity index (χ0n) is 14.7. The number of carbonyl (C=O) groups excluding carboxylic acids is 2. The van der Waals surface area contributed by atoms with Gasteiger partial charge in [-0.2, -0.15) is 11.8 Å². The zero-order chi connectivity index (χ0) is 19.6. The monoisotopic (exact) mass is 377 g/mol. The van der Waals surface area contributed by atoms with E-state index in [9.17, 15) is 24.3 Å². The molecule has 0 aliphatic heterocycles. The number of nitrogens with one attached hydrogen (secondary N) is 2. The second kappa shape index (κ2) is 11.7. The number of rotatable bonds is 12. The Morgan fingerprint density at radius 1 is 1.04 bits per heavy atom. The number of carboxylic acids is 2. The fourth-order valence-corrected chi connectivity index (χ4v) is 2.43. The molecule has 9 nitrogen and oxygen atoms in total. The first-order chi connectivity index (χ1) is 11.6. The van der Waals surface area contributed by atoms with Gasteiger partial charge in [0.1, 0.15) is 12.1 Å². The molecule has 0 bridgehead atoms. The molecule has 0 aliphatic carbocycles. The van der Waals surface area contributed by atoms with Crippen LogP contribution in [0.3, 0.4) is 0 Å². The van der Waals surface area contributed by atoms with Crippen molar-refractivity contribution < 1.29 is 29.4 Å². The lowest BCUT2D eigenvalue weighted by atomic mass is 10.0. The summed E-state index contributed by atoms with van der Waals surface area (Å²) in [6.45, 7) is 3.40. The highest BCUT2D eigenvalue weighted by atomic mass is 32.2. The van der Waals surface area contributed by atoms with E-state index in [0.717, 1.165) is 0 Å². The van der Waals surface area contributed by atoms with Crippen molar-refractivity contribution in [2.24, 2.45) is 11.7 Å². The summed E-state index contributed by atoms with van der Waals surface area (Å²) in [6.07, 6.45) is 1.78. The number of nitrogens with two attached hydrogens (primary N) is 1. The molecule has 0 aliphatic rings. The van der Waals surface area contributed by atoms with Crippen LogP contribution in [0.4, 0.5) is 0 Å². The van der Waals surface area contributed by atoms with Gasteiger partial charge in [-0.1, -0.05) is 13.8 Å². The molecule has 0 aromatic carbocycles. The van der Waals surface area contributed by atoms with E-state index in [1.807, 2.05) is 6.26 Å². The van der Waals surface area contributed by atoms with Crippen molar-refractivity contribution in [1.82, 2.24) is 10.6 Å². The Balaban J connectivity index is 4.85. The van der Waals surface area contributed by atoms with Gasteiger partial charge in [0.15, 0.2) is 0 Å². The Morgan fingerprint density at radius 2 is 1.64 bits per heavy atom. The Labute approximate surface area is 151 Å². The second-order valence-corrected chi connectivity index (χ2v) is 6.94. The van der Waals surface area contributed by atoms with Crippen LogP contribution in [-0.2, 0) is 19.2 Å². The predicted molar refractivity (Wildman–Crippen MR) is 94.2 cm³/mol. The molecule has 0 spiro atoms. The molecule has 144 valence electrons. The maximum Gasteiger partial charge on any atom is 0.326 e. The average Bonchev–Trinajstić information content (AvgIpc) is 2.52. The highest BCUT2D eigenvalue weighted by Crippen LogP contribution is 2.06. The molecule has 0 radical (unpaired) electrons. The molecule has 0 aromatic heterocycles. The number of carboxylic acid groups (broad SMARTS) is 2. The van der Waals surface area contributed by atoms with Crippen molar-refractivity contribution in [1.29, 1.82) is 0 Å². The Morgan fingerprint density at radius 3 is 2.08 bits per heavy atom. The summed E-state index contributed by atoms with van der Waals surface area (Å²) < 4.78 is 0. The largest absolute Gasteiger partial charge is 0.481 e. The lowest BCUT2D eigenvalue weighted by Crippen LogP contribution is -2.56. The van der Waals surface area contributed by atoms with Gasteiger partial charge in [0.05, 0.1) is 6.04 Å². The number of hydrogen-bond donors (Lipinski definition) is 5. The fraction of sp³-hybridized carbons (Fsp3) is 0.733. The minimum absolute atomic E-state index is 0.0565. The Kier molecular flexibility index (Phi) is 10.8. The van der Waals surface area contributed by atoms with E-state index in [1.54, 1.807) is 13.8 Å². The van der Waals surface area contributed by atoms with Gasteiger partial charge in [0.2, 0.25) is 11.8 Å². The molecule has 0 aromatic rings. The van der Waals surface area contributed by atoms with Gasteiger partial charge in [0, 0.05) is 6.42 Å². The summed E-state index contributed by atoms with van der Waals surface area (Å²) in [5.41, 5.74) is 5.63. The first-order valence-corrected chi connectivity index (χ1v) is 9.29. The minimum atomic E-state index is -1.14. The quantitative estimate of drug-likeness (QED) is 0.308. The third kappa shape index (κ3) is 9.30. The number of amides is 2. The first-order valence-electron chi connectivity index (χ1n) is 7.90. The fourth-order valence-electron chi connectivity index (χ4n) is 1.96. The van der Waals surface area contributed by atoms with Crippen molar-refractivity contribution in [2.75, 3.05) is 12.0 Å². The van der Waals surface area contributed by atoms with Gasteiger partial charge in [-0.25, -0.2) is 4.79 Å². The smallest absolute Gasteiger partial charge is 0.326 e. The molecular weight excluding hydrogens is 350 g/mol. The Bertz CT molecular complexity index is 486. The molecule has 10 heteroatoms. The van der Waals surface area contributed by atoms with Gasteiger partial charge in [0.25, 0.3) is 0 Å². The SMILES string of the molecule is CSCCC(NC(=O)C(NC(=O)C(N)CCC(=O)O)C(C)C)C(=O)O. The maximum absolute atomic E-state index is 12.4. The standard InChI is InChI=1S/C15H27N3O6S/c1-8(2)12(18-13(21)9(16)4-5-11(19)20)14(22)17-10(15(23)24)6-7-25-3/h8-10,12H,4-7,16H2,1-3H3,(H,17,22)(H,18,21)(H,19,20)(H,23,24). The summed E-state index contributed by atoms with van der Waals surface area (Å²) in [5, 5.41) is 22.7. The molecule has 0 saturated carbocycles. The normalized spacial score (nSPS) is 14.4. The summed E-state index contributed by atoms with van der Waals surface area (Å²) in [6, 6.07) is -3.06. The third-order valence-electron chi connectivity index (χ3n) is 3.48. The number of thioether (sulfide) groups is 1. The van der Waals surface area contributed by atoms with Crippen molar-refractivity contribution in [3.8, 4) is 0 Å². The molecular formula is C15H27N3O6S. The van der Waals surface area contributed by atoms with Crippen LogP contribution in [0.1, 0.15) is 33.1 Å². The van der Waals surface area contributed by atoms with Crippen LogP contribution < -0.4 is 16.4 Å². The van der Waals surface area contributed by atoms with Gasteiger partial charge >= 0.3 is 11.9 Å². The molecule has 0 heterocycles. The molecule has 25 heavy (non-hydrogen) atoms. The number of hydrogen-bond acceptors (Lipinski definition) is 6. The average molecular weight is 377 g/mol. The maximum atomic E-state index is 12.4. The number of carbonyl (C=O) groups is 4. The predicted octanol–water partition coefficient (Wildman–Crippen LogP) is -0.358. The third-order valence-corrected chi connectivity index (χ3v) is 4.12. The number of aliphatic carboxylic acids is 2. The lowest BCUT2D eigenvalue weighted by molar-refractivity contribution is -0.142. The van der Waals surface area contributed by atoms with Crippen LogP contribution >= 0.6 is 11.8 Å². The van der Waals surface area contributed by atoms with Crippen LogP contribution in [0, 0.1) is 5.92 Å². The van der Waals surface area contributed by atoms with E-state index in [-0.39, 0.29) is 25.2 Å². The van der Waals surface area contributed by atoms with Crippen LogP contribution in [0.15, 0.2) is 0 Å². The van der Waals surface area contributed by atoms with Crippen LogP contribution in [-0.4, -0.2) is 64.1 Å². The molecule has 0 fully saturated rings. The summed E-state index contributed by atoms with van der Waals surface area (Å²) in [4.78, 5) is 46.1. The summed E-state index contributed by atoms with van der Waals surface area (Å²) >= 11 is 1.46. The second-order valence-electron chi connectivity index (χ2n) is 5.95. The molecule has 3 atom stereocenters. The highest BCUT2D eigenvalue weighted by Gasteiger charge is 2.29. The molecule has 0 rings (SSSR count). The minimum Gasteiger partial charge on any atom is -0.481 e. The Hall–Kier alpha value is -1.81.